The molecule has 0 aromatic heterocycles. The van der Waals surface area contributed by atoms with Crippen LogP contribution in [0, 0.1) is 17.8 Å². The maximum absolute atomic E-state index is 10.5. The van der Waals surface area contributed by atoms with Crippen LogP contribution in [-0.4, -0.2) is 5.78 Å². The Morgan fingerprint density at radius 1 is 1.56 bits per heavy atom. The van der Waals surface area contributed by atoms with Crippen molar-refractivity contribution in [2.24, 2.45) is 5.92 Å². The number of carbonyl (C=O) groups excluding carboxylic acids is 1. The topological polar surface area (TPSA) is 17.1 Å². The molecule has 1 heteroatoms. The average molecular weight is 124 g/mol. The molecule has 0 saturated heterocycles. The van der Waals surface area contributed by atoms with Crippen molar-refractivity contribution >= 4 is 5.78 Å². The zero-order valence-corrected chi connectivity index (χ0v) is 6.19. The maximum Gasteiger partial charge on any atom is 0.205 e. The molecule has 0 rings (SSSR count). The summed E-state index contributed by atoms with van der Waals surface area (Å²) in [5.74, 6) is 5.68. The minimum Gasteiger partial charge on any atom is -0.285 e. The number of hydrogen-bond acceptors (Lipinski definition) is 1. The van der Waals surface area contributed by atoms with Gasteiger partial charge >= 0.3 is 0 Å². The van der Waals surface area contributed by atoms with E-state index in [2.05, 4.69) is 11.8 Å². The third-order valence-corrected chi connectivity index (χ3v) is 0.821. The molecule has 0 aromatic carbocycles. The van der Waals surface area contributed by atoms with E-state index in [1.807, 2.05) is 20.8 Å². The zero-order valence-electron chi connectivity index (χ0n) is 6.19. The monoisotopic (exact) mass is 124 g/mol. The van der Waals surface area contributed by atoms with Gasteiger partial charge in [0.05, 0.1) is 0 Å². The molecule has 0 saturated carbocycles. The van der Waals surface area contributed by atoms with Crippen molar-refractivity contribution in [2.45, 2.75) is 27.2 Å². The summed E-state index contributed by atoms with van der Waals surface area (Å²) in [6, 6.07) is 0. The summed E-state index contributed by atoms with van der Waals surface area (Å²) in [7, 11) is 0. The van der Waals surface area contributed by atoms with Gasteiger partial charge in [0.1, 0.15) is 0 Å². The number of ketones is 1. The Labute approximate surface area is 56.5 Å². The maximum atomic E-state index is 10.5. The highest BCUT2D eigenvalue weighted by Gasteiger charge is 1.88. The summed E-state index contributed by atoms with van der Waals surface area (Å²) in [4.78, 5) is 10.5. The van der Waals surface area contributed by atoms with Crippen molar-refractivity contribution in [1.82, 2.24) is 0 Å². The molecule has 0 N–H and O–H groups in total. The number of hydrogen-bond donors (Lipinski definition) is 0. The van der Waals surface area contributed by atoms with E-state index in [1.165, 1.54) is 0 Å². The quantitative estimate of drug-likeness (QED) is 0.383. The molecule has 9 heavy (non-hydrogen) atoms. The van der Waals surface area contributed by atoms with Crippen molar-refractivity contribution in [3.05, 3.63) is 0 Å². The molecular formula is C8H12O. The molecule has 0 atom stereocenters. The second-order valence-electron chi connectivity index (χ2n) is 2.20. The fourth-order valence-corrected chi connectivity index (χ4v) is 0.313. The van der Waals surface area contributed by atoms with Gasteiger partial charge in [-0.25, -0.2) is 0 Å². The zero-order chi connectivity index (χ0) is 7.28. The summed E-state index contributed by atoms with van der Waals surface area (Å²) in [5, 5.41) is 0. The Morgan fingerprint density at radius 3 is 2.44 bits per heavy atom. The van der Waals surface area contributed by atoms with Crippen molar-refractivity contribution in [1.29, 1.82) is 0 Å². The lowest BCUT2D eigenvalue weighted by molar-refractivity contribution is -0.113. The highest BCUT2D eigenvalue weighted by molar-refractivity contribution is 5.95. The highest BCUT2D eigenvalue weighted by Crippen LogP contribution is 1.86. The van der Waals surface area contributed by atoms with E-state index in [4.69, 9.17) is 0 Å². The molecule has 50 valence electrons. The third kappa shape index (κ3) is 5.10. The molecule has 0 spiro atoms. The Kier molecular flexibility index (Phi) is 3.79. The van der Waals surface area contributed by atoms with Gasteiger partial charge in [-0.3, -0.25) is 4.79 Å². The predicted molar refractivity (Wildman–Crippen MR) is 37.9 cm³/mol. The first-order valence-corrected chi connectivity index (χ1v) is 3.21. The SMILES string of the molecule is CCC(=O)C#CC(C)C. The Morgan fingerprint density at radius 2 is 2.11 bits per heavy atom. The number of rotatable bonds is 1. The van der Waals surface area contributed by atoms with Crippen LogP contribution >= 0.6 is 0 Å². The van der Waals surface area contributed by atoms with Crippen LogP contribution < -0.4 is 0 Å². The Balaban J connectivity index is 3.73. The van der Waals surface area contributed by atoms with E-state index < -0.39 is 0 Å². The van der Waals surface area contributed by atoms with Crippen molar-refractivity contribution in [2.75, 3.05) is 0 Å². The van der Waals surface area contributed by atoms with Crippen molar-refractivity contribution in [3.63, 3.8) is 0 Å². The van der Waals surface area contributed by atoms with E-state index in [9.17, 15) is 4.79 Å². The smallest absolute Gasteiger partial charge is 0.205 e. The minimum atomic E-state index is 0.0312. The van der Waals surface area contributed by atoms with Crippen LogP contribution in [0.1, 0.15) is 27.2 Å². The van der Waals surface area contributed by atoms with Gasteiger partial charge < -0.3 is 0 Å². The molecule has 0 aliphatic carbocycles. The van der Waals surface area contributed by atoms with Crippen LogP contribution in [0.2, 0.25) is 0 Å². The van der Waals surface area contributed by atoms with Gasteiger partial charge in [0, 0.05) is 12.3 Å². The molecule has 0 bridgehead atoms. The molecule has 1 nitrogen and oxygen atoms in total. The number of Topliss-reactive ketones (excluding diaryl/α,β-unsaturated/α-hetero) is 1. The molecule has 0 heterocycles. The van der Waals surface area contributed by atoms with E-state index >= 15 is 0 Å². The summed E-state index contributed by atoms with van der Waals surface area (Å²) in [5.41, 5.74) is 0. The lowest BCUT2D eigenvalue weighted by Gasteiger charge is -1.85. The molecule has 0 fully saturated rings. The van der Waals surface area contributed by atoms with E-state index in [1.54, 1.807) is 0 Å². The van der Waals surface area contributed by atoms with Crippen LogP contribution in [0.25, 0.3) is 0 Å². The first kappa shape index (κ1) is 8.23. The molecule has 0 aromatic rings. The van der Waals surface area contributed by atoms with Gasteiger partial charge in [-0.1, -0.05) is 26.7 Å². The van der Waals surface area contributed by atoms with Crippen LogP contribution in [0.5, 0.6) is 0 Å². The van der Waals surface area contributed by atoms with Crippen LogP contribution in [0.4, 0.5) is 0 Å². The molecule has 0 amide bonds. The minimum absolute atomic E-state index is 0.0312. The molecule has 0 aliphatic rings. The first-order chi connectivity index (χ1) is 4.16. The van der Waals surface area contributed by atoms with E-state index in [0.29, 0.717) is 12.3 Å². The molecule has 0 aliphatic heterocycles. The largest absolute Gasteiger partial charge is 0.285 e. The fourth-order valence-electron chi connectivity index (χ4n) is 0.313. The summed E-state index contributed by atoms with van der Waals surface area (Å²) >= 11 is 0. The van der Waals surface area contributed by atoms with Crippen LogP contribution in [-0.2, 0) is 4.79 Å². The van der Waals surface area contributed by atoms with Gasteiger partial charge in [0.25, 0.3) is 0 Å². The summed E-state index contributed by atoms with van der Waals surface area (Å²) in [6.07, 6.45) is 0.528. The van der Waals surface area contributed by atoms with Gasteiger partial charge in [0.2, 0.25) is 5.78 Å². The molecule has 0 unspecified atom stereocenters. The van der Waals surface area contributed by atoms with Gasteiger partial charge in [-0.05, 0) is 5.92 Å². The normalized spacial score (nSPS) is 8.44. The Bertz CT molecular complexity index is 146. The van der Waals surface area contributed by atoms with Gasteiger partial charge in [-0.15, -0.1) is 0 Å². The van der Waals surface area contributed by atoms with Crippen molar-refractivity contribution in [3.8, 4) is 11.8 Å². The summed E-state index contributed by atoms with van der Waals surface area (Å²) < 4.78 is 0. The van der Waals surface area contributed by atoms with Crippen LogP contribution in [0.15, 0.2) is 0 Å². The van der Waals surface area contributed by atoms with E-state index in [-0.39, 0.29) is 5.78 Å². The average Bonchev–Trinajstić information content (AvgIpc) is 1.83. The van der Waals surface area contributed by atoms with E-state index in [0.717, 1.165) is 0 Å². The standard InChI is InChI=1S/C8H12O/c1-4-8(9)6-5-7(2)3/h7H,4H2,1-3H3. The van der Waals surface area contributed by atoms with Gasteiger partial charge in [-0.2, -0.15) is 0 Å². The molecular weight excluding hydrogens is 112 g/mol. The number of carbonyl (C=O) groups is 1. The lowest BCUT2D eigenvalue weighted by atomic mass is 10.2. The van der Waals surface area contributed by atoms with Gasteiger partial charge in [0.15, 0.2) is 0 Å². The second kappa shape index (κ2) is 4.14. The predicted octanol–water partition coefficient (Wildman–Crippen LogP) is 1.62. The fraction of sp³-hybridized carbons (Fsp3) is 0.625. The second-order valence-corrected chi connectivity index (χ2v) is 2.20. The highest BCUT2D eigenvalue weighted by atomic mass is 16.1. The third-order valence-electron chi connectivity index (χ3n) is 0.821. The molecule has 0 radical (unpaired) electrons. The lowest BCUT2D eigenvalue weighted by Crippen LogP contribution is -1.89. The van der Waals surface area contributed by atoms with Crippen molar-refractivity contribution < 1.29 is 4.79 Å². The first-order valence-electron chi connectivity index (χ1n) is 3.21. The summed E-state index contributed by atoms with van der Waals surface area (Å²) in [6.45, 7) is 5.75. The van der Waals surface area contributed by atoms with Crippen LogP contribution in [0.3, 0.4) is 0 Å². The Hall–Kier alpha value is -0.770.